The minimum absolute atomic E-state index is 0.260. The normalized spacial score (nSPS) is 16.3. The lowest BCUT2D eigenvalue weighted by Gasteiger charge is -2.22. The molecule has 194 valence electrons. The number of nitrogens with zero attached hydrogens (tertiary/aromatic N) is 5. The summed E-state index contributed by atoms with van der Waals surface area (Å²) in [6.07, 6.45) is 5.35. The van der Waals surface area contributed by atoms with Crippen LogP contribution in [0.4, 0.5) is 0 Å². The second-order valence-electron chi connectivity index (χ2n) is 12.3. The van der Waals surface area contributed by atoms with E-state index >= 15 is 0 Å². The summed E-state index contributed by atoms with van der Waals surface area (Å²) in [7, 11) is 0. The molecule has 1 aromatic carbocycles. The van der Waals surface area contributed by atoms with Crippen molar-refractivity contribution < 1.29 is 5.79 Å². The standard InChI is InChI=1S/C32H35N5O/c1-31(2,3)29-35-28(36-30(37-29)32(4,5)6)23-18-24-25(26(34-23)19-12-7-8-13-19)21-15-11-14-20(27(21)38-24)22-16-9-10-17-33-22/h9-11,14-19H,7-8,12-13H2,1-6H3/i19D. The van der Waals surface area contributed by atoms with Gasteiger partial charge in [-0.2, -0.15) is 0 Å². The molecule has 6 heteroatoms. The summed E-state index contributed by atoms with van der Waals surface area (Å²) in [5.74, 6) is 1.18. The van der Waals surface area contributed by atoms with E-state index in [1.54, 1.807) is 6.20 Å². The van der Waals surface area contributed by atoms with Gasteiger partial charge in [0.25, 0.3) is 0 Å². The molecule has 1 saturated carbocycles. The van der Waals surface area contributed by atoms with Crippen LogP contribution in [-0.2, 0) is 10.8 Å². The van der Waals surface area contributed by atoms with Crippen LogP contribution >= 0.6 is 0 Å². The van der Waals surface area contributed by atoms with Crippen LogP contribution in [0.1, 0.15) is 91.8 Å². The highest BCUT2D eigenvalue weighted by Gasteiger charge is 2.29. The van der Waals surface area contributed by atoms with Crippen molar-refractivity contribution in [1.29, 1.82) is 0 Å². The predicted molar refractivity (Wildman–Crippen MR) is 152 cm³/mol. The Kier molecular flexibility index (Phi) is 5.53. The summed E-state index contributed by atoms with van der Waals surface area (Å²) >= 11 is 0. The minimum Gasteiger partial charge on any atom is -0.455 e. The van der Waals surface area contributed by atoms with Gasteiger partial charge in [0.2, 0.25) is 0 Å². The van der Waals surface area contributed by atoms with Crippen LogP contribution in [0.5, 0.6) is 0 Å². The first-order valence-electron chi connectivity index (χ1n) is 14.0. The van der Waals surface area contributed by atoms with Crippen molar-refractivity contribution in [2.45, 2.75) is 83.9 Å². The van der Waals surface area contributed by atoms with E-state index in [-0.39, 0.29) is 10.8 Å². The van der Waals surface area contributed by atoms with Crippen LogP contribution in [0, 0.1) is 0 Å². The molecule has 0 unspecified atom stereocenters. The van der Waals surface area contributed by atoms with Crippen molar-refractivity contribution in [3.63, 3.8) is 0 Å². The smallest absolute Gasteiger partial charge is 0.181 e. The highest BCUT2D eigenvalue weighted by atomic mass is 16.3. The lowest BCUT2D eigenvalue weighted by Crippen LogP contribution is -2.24. The molecule has 38 heavy (non-hydrogen) atoms. The molecule has 0 amide bonds. The minimum atomic E-state index is -0.793. The van der Waals surface area contributed by atoms with E-state index < -0.39 is 5.89 Å². The molecular formula is C32H35N5O. The fraction of sp³-hybridized carbons (Fsp3) is 0.406. The largest absolute Gasteiger partial charge is 0.455 e. The third-order valence-corrected chi connectivity index (χ3v) is 7.17. The molecule has 4 heterocycles. The summed E-state index contributed by atoms with van der Waals surface area (Å²) in [4.78, 5) is 24.4. The van der Waals surface area contributed by atoms with Gasteiger partial charge in [0, 0.05) is 41.3 Å². The van der Waals surface area contributed by atoms with E-state index in [2.05, 4.69) is 52.6 Å². The van der Waals surface area contributed by atoms with Gasteiger partial charge in [0.05, 0.1) is 16.8 Å². The van der Waals surface area contributed by atoms with Gasteiger partial charge in [0.1, 0.15) is 28.5 Å². The lowest BCUT2D eigenvalue weighted by molar-refractivity contribution is 0.497. The highest BCUT2D eigenvalue weighted by molar-refractivity contribution is 6.11. The number of benzene rings is 1. The SMILES string of the molecule is [2H]C1(c2nc(-c3nc(C(C)(C)C)nc(C(C)(C)C)n3)cc3oc4c(-c5ccccn5)cccc4c23)CCCC1. The molecule has 0 bridgehead atoms. The number of fused-ring (bicyclic) bond motifs is 3. The van der Waals surface area contributed by atoms with Crippen molar-refractivity contribution in [3.8, 4) is 22.8 Å². The van der Waals surface area contributed by atoms with Crippen molar-refractivity contribution in [2.24, 2.45) is 0 Å². The zero-order chi connectivity index (χ0) is 27.6. The Morgan fingerprint density at radius 2 is 1.53 bits per heavy atom. The third-order valence-electron chi connectivity index (χ3n) is 7.17. The molecule has 5 aromatic rings. The fourth-order valence-electron chi connectivity index (χ4n) is 5.11. The fourth-order valence-corrected chi connectivity index (χ4v) is 5.11. The van der Waals surface area contributed by atoms with Crippen LogP contribution in [0.2, 0.25) is 0 Å². The van der Waals surface area contributed by atoms with E-state index in [0.29, 0.717) is 17.1 Å². The molecule has 1 fully saturated rings. The zero-order valence-electron chi connectivity index (χ0n) is 24.1. The molecule has 0 spiro atoms. The molecule has 1 aliphatic rings. The Morgan fingerprint density at radius 3 is 2.16 bits per heavy atom. The maximum Gasteiger partial charge on any atom is 0.181 e. The summed E-state index contributed by atoms with van der Waals surface area (Å²) in [6, 6.07) is 13.9. The molecule has 1 aliphatic carbocycles. The summed E-state index contributed by atoms with van der Waals surface area (Å²) in [5.41, 5.74) is 4.07. The monoisotopic (exact) mass is 506 g/mol. The molecule has 0 radical (unpaired) electrons. The van der Waals surface area contributed by atoms with Crippen molar-refractivity contribution in [2.75, 3.05) is 0 Å². The zero-order valence-corrected chi connectivity index (χ0v) is 23.1. The predicted octanol–water partition coefficient (Wildman–Crippen LogP) is 8.15. The van der Waals surface area contributed by atoms with Gasteiger partial charge in [-0.1, -0.05) is 72.6 Å². The number of para-hydroxylation sites is 1. The molecule has 4 aromatic heterocycles. The Balaban J connectivity index is 1.67. The Morgan fingerprint density at radius 1 is 0.816 bits per heavy atom. The maximum atomic E-state index is 9.51. The number of hydrogen-bond acceptors (Lipinski definition) is 6. The van der Waals surface area contributed by atoms with E-state index in [1.165, 1.54) is 0 Å². The molecular weight excluding hydrogens is 470 g/mol. The quantitative estimate of drug-likeness (QED) is 0.246. The average Bonchev–Trinajstić information content (AvgIpc) is 3.51. The van der Waals surface area contributed by atoms with Gasteiger partial charge in [-0.3, -0.25) is 4.98 Å². The average molecular weight is 507 g/mol. The molecule has 0 atom stereocenters. The summed E-state index contributed by atoms with van der Waals surface area (Å²) < 4.78 is 16.1. The van der Waals surface area contributed by atoms with Gasteiger partial charge in [-0.25, -0.2) is 19.9 Å². The van der Waals surface area contributed by atoms with Crippen LogP contribution in [0.15, 0.2) is 53.1 Å². The van der Waals surface area contributed by atoms with Gasteiger partial charge >= 0.3 is 0 Å². The first kappa shape index (κ1) is 23.4. The topological polar surface area (TPSA) is 77.6 Å². The molecule has 0 N–H and O–H groups in total. The summed E-state index contributed by atoms with van der Waals surface area (Å²) in [6.45, 7) is 12.6. The van der Waals surface area contributed by atoms with Crippen LogP contribution in [-0.4, -0.2) is 24.9 Å². The van der Waals surface area contributed by atoms with Crippen molar-refractivity contribution in [1.82, 2.24) is 24.9 Å². The highest BCUT2D eigenvalue weighted by Crippen LogP contribution is 2.43. The van der Waals surface area contributed by atoms with Crippen LogP contribution in [0.3, 0.4) is 0 Å². The first-order valence-corrected chi connectivity index (χ1v) is 13.5. The second kappa shape index (κ2) is 8.97. The number of furan rings is 1. The van der Waals surface area contributed by atoms with E-state index in [0.717, 1.165) is 70.6 Å². The number of rotatable bonds is 3. The van der Waals surface area contributed by atoms with Gasteiger partial charge < -0.3 is 4.42 Å². The molecule has 0 aliphatic heterocycles. The Labute approximate surface area is 225 Å². The number of hydrogen-bond donors (Lipinski definition) is 0. The van der Waals surface area contributed by atoms with E-state index in [1.807, 2.05) is 36.4 Å². The van der Waals surface area contributed by atoms with Gasteiger partial charge in [-0.15, -0.1) is 0 Å². The Hall–Kier alpha value is -3.67. The number of pyridine rings is 2. The molecule has 6 rings (SSSR count). The summed E-state index contributed by atoms with van der Waals surface area (Å²) in [5, 5.41) is 1.87. The lowest BCUT2D eigenvalue weighted by atomic mass is 9.93. The second-order valence-corrected chi connectivity index (χ2v) is 12.3. The van der Waals surface area contributed by atoms with Crippen LogP contribution < -0.4 is 0 Å². The van der Waals surface area contributed by atoms with Crippen molar-refractivity contribution in [3.05, 3.63) is 66.0 Å². The maximum absolute atomic E-state index is 9.51. The van der Waals surface area contributed by atoms with E-state index in [4.69, 9.17) is 24.4 Å². The first-order chi connectivity index (χ1) is 18.4. The number of aromatic nitrogens is 5. The van der Waals surface area contributed by atoms with Crippen LogP contribution in [0.25, 0.3) is 44.7 Å². The molecule has 6 nitrogen and oxygen atoms in total. The molecule has 0 saturated heterocycles. The van der Waals surface area contributed by atoms with Crippen molar-refractivity contribution >= 4 is 21.9 Å². The van der Waals surface area contributed by atoms with Gasteiger partial charge in [-0.05, 0) is 31.0 Å². The van der Waals surface area contributed by atoms with E-state index in [9.17, 15) is 1.37 Å². The third kappa shape index (κ3) is 4.36. The Bertz CT molecular complexity index is 1660. The van der Waals surface area contributed by atoms with Gasteiger partial charge in [0.15, 0.2) is 5.82 Å².